The van der Waals surface area contributed by atoms with Crippen LogP contribution in [0.15, 0.2) is 45.3 Å². The first-order valence-corrected chi connectivity index (χ1v) is 7.36. The van der Waals surface area contributed by atoms with E-state index in [1.807, 2.05) is 0 Å². The summed E-state index contributed by atoms with van der Waals surface area (Å²) in [6.07, 6.45) is -4.57. The summed E-state index contributed by atoms with van der Waals surface area (Å²) in [7, 11) is 0. The highest BCUT2D eigenvalue weighted by Crippen LogP contribution is 2.38. The van der Waals surface area contributed by atoms with Crippen LogP contribution in [0, 0.1) is 5.82 Å². The first-order chi connectivity index (χ1) is 9.71. The number of halogens is 6. The minimum Gasteiger partial charge on any atom is -0.320 e. The monoisotopic (exact) mass is 425 g/mol. The molecule has 21 heavy (non-hydrogen) atoms. The second-order valence-electron chi connectivity index (χ2n) is 4.35. The van der Waals surface area contributed by atoms with E-state index >= 15 is 0 Å². The Morgan fingerprint density at radius 1 is 1.00 bits per heavy atom. The Hall–Kier alpha value is -0.920. The zero-order chi connectivity index (χ0) is 15.8. The van der Waals surface area contributed by atoms with Gasteiger partial charge >= 0.3 is 6.18 Å². The molecule has 0 saturated heterocycles. The predicted molar refractivity (Wildman–Crippen MR) is 79.3 cm³/mol. The first-order valence-electron chi connectivity index (χ1n) is 5.78. The van der Waals surface area contributed by atoms with E-state index in [2.05, 4.69) is 31.9 Å². The maximum absolute atomic E-state index is 14.0. The summed E-state index contributed by atoms with van der Waals surface area (Å²) < 4.78 is 53.8. The van der Waals surface area contributed by atoms with Gasteiger partial charge in [0.25, 0.3) is 0 Å². The van der Waals surface area contributed by atoms with Crippen molar-refractivity contribution in [2.24, 2.45) is 5.73 Å². The van der Waals surface area contributed by atoms with Crippen molar-refractivity contribution in [3.63, 3.8) is 0 Å². The molecule has 1 nitrogen and oxygen atoms in total. The average Bonchev–Trinajstić information content (AvgIpc) is 2.40. The van der Waals surface area contributed by atoms with Gasteiger partial charge in [0.15, 0.2) is 0 Å². The van der Waals surface area contributed by atoms with Gasteiger partial charge in [-0.05, 0) is 39.7 Å². The number of benzene rings is 2. The van der Waals surface area contributed by atoms with Crippen LogP contribution in [-0.2, 0) is 6.18 Å². The van der Waals surface area contributed by atoms with Crippen LogP contribution in [0.4, 0.5) is 17.6 Å². The van der Waals surface area contributed by atoms with Crippen LogP contribution < -0.4 is 5.73 Å². The van der Waals surface area contributed by atoms with Gasteiger partial charge in [-0.3, -0.25) is 0 Å². The van der Waals surface area contributed by atoms with Gasteiger partial charge in [-0.1, -0.05) is 34.1 Å². The molecular weight excluding hydrogens is 418 g/mol. The zero-order valence-electron chi connectivity index (χ0n) is 10.4. The summed E-state index contributed by atoms with van der Waals surface area (Å²) in [5.74, 6) is -0.666. The molecule has 0 aromatic heterocycles. The number of hydrogen-bond donors (Lipinski definition) is 1. The molecular formula is C14H9Br2F4N. The topological polar surface area (TPSA) is 26.0 Å². The van der Waals surface area contributed by atoms with E-state index in [0.717, 1.165) is 6.07 Å². The van der Waals surface area contributed by atoms with Gasteiger partial charge in [-0.15, -0.1) is 0 Å². The second-order valence-corrected chi connectivity index (χ2v) is 6.12. The molecule has 1 atom stereocenters. The Bertz CT molecular complexity index is 671. The van der Waals surface area contributed by atoms with Gasteiger partial charge in [0.05, 0.1) is 16.1 Å². The van der Waals surface area contributed by atoms with Crippen LogP contribution in [0.3, 0.4) is 0 Å². The lowest BCUT2D eigenvalue weighted by Crippen LogP contribution is -2.19. The summed E-state index contributed by atoms with van der Waals surface area (Å²) in [6.45, 7) is 0. The van der Waals surface area contributed by atoms with Crippen molar-refractivity contribution in [2.75, 3.05) is 0 Å². The van der Waals surface area contributed by atoms with Crippen molar-refractivity contribution >= 4 is 31.9 Å². The van der Waals surface area contributed by atoms with Gasteiger partial charge in [-0.2, -0.15) is 13.2 Å². The maximum atomic E-state index is 14.0. The molecule has 2 rings (SSSR count). The summed E-state index contributed by atoms with van der Waals surface area (Å²) in [5.41, 5.74) is 4.79. The number of rotatable bonds is 2. The van der Waals surface area contributed by atoms with Crippen molar-refractivity contribution in [3.05, 3.63) is 67.9 Å². The Balaban J connectivity index is 2.59. The fourth-order valence-electron chi connectivity index (χ4n) is 1.97. The zero-order valence-corrected chi connectivity index (χ0v) is 13.6. The number of nitrogens with two attached hydrogens (primary N) is 1. The molecule has 0 aliphatic heterocycles. The van der Waals surface area contributed by atoms with Crippen LogP contribution in [0.1, 0.15) is 22.7 Å². The highest BCUT2D eigenvalue weighted by atomic mass is 79.9. The van der Waals surface area contributed by atoms with Crippen LogP contribution in [-0.4, -0.2) is 0 Å². The van der Waals surface area contributed by atoms with Gasteiger partial charge in [0.2, 0.25) is 0 Å². The van der Waals surface area contributed by atoms with E-state index in [9.17, 15) is 17.6 Å². The third kappa shape index (κ3) is 3.46. The Morgan fingerprint density at radius 3 is 2.29 bits per heavy atom. The van der Waals surface area contributed by atoms with Gasteiger partial charge < -0.3 is 5.73 Å². The Morgan fingerprint density at radius 2 is 1.67 bits per heavy atom. The van der Waals surface area contributed by atoms with Crippen LogP contribution in [0.5, 0.6) is 0 Å². The molecule has 0 spiro atoms. The molecule has 0 bridgehead atoms. The number of alkyl halides is 3. The fourth-order valence-corrected chi connectivity index (χ4v) is 2.72. The first kappa shape index (κ1) is 16.5. The largest absolute Gasteiger partial charge is 0.416 e. The lowest BCUT2D eigenvalue weighted by atomic mass is 9.94. The molecule has 2 N–H and O–H groups in total. The highest BCUT2D eigenvalue weighted by molar-refractivity contribution is 9.10. The standard InChI is InChI=1S/C14H9Br2F4N/c15-7-4-5-8(10(6-7)14(18,19)20)13(21)9-2-1-3-11(16)12(9)17/h1-6,13H,21H2. The van der Waals surface area contributed by atoms with Gasteiger partial charge in [-0.25, -0.2) is 4.39 Å². The third-order valence-electron chi connectivity index (χ3n) is 2.97. The smallest absolute Gasteiger partial charge is 0.320 e. The van der Waals surface area contributed by atoms with Crippen molar-refractivity contribution in [3.8, 4) is 0 Å². The van der Waals surface area contributed by atoms with Crippen molar-refractivity contribution in [2.45, 2.75) is 12.2 Å². The van der Waals surface area contributed by atoms with Crippen molar-refractivity contribution < 1.29 is 17.6 Å². The lowest BCUT2D eigenvalue weighted by molar-refractivity contribution is -0.138. The molecule has 0 fully saturated rings. The third-order valence-corrected chi connectivity index (χ3v) is 4.08. The number of hydrogen-bond acceptors (Lipinski definition) is 1. The predicted octanol–water partition coefficient (Wildman–Crippen LogP) is 5.42. The maximum Gasteiger partial charge on any atom is 0.416 e. The molecule has 1 unspecified atom stereocenters. The van der Waals surface area contributed by atoms with E-state index in [1.165, 1.54) is 30.3 Å². The minimum absolute atomic E-state index is 0.00259. The van der Waals surface area contributed by atoms with E-state index in [1.54, 1.807) is 0 Å². The molecule has 2 aromatic rings. The summed E-state index contributed by atoms with van der Waals surface area (Å²) in [5, 5.41) is 0. The van der Waals surface area contributed by atoms with E-state index in [-0.39, 0.29) is 20.1 Å². The highest BCUT2D eigenvalue weighted by Gasteiger charge is 2.35. The minimum atomic E-state index is -4.57. The molecule has 0 aliphatic rings. The molecule has 112 valence electrons. The van der Waals surface area contributed by atoms with Gasteiger partial charge in [0.1, 0.15) is 5.82 Å². The quantitative estimate of drug-likeness (QED) is 0.637. The van der Waals surface area contributed by atoms with Crippen molar-refractivity contribution in [1.82, 2.24) is 0 Å². The van der Waals surface area contributed by atoms with Gasteiger partial charge in [0, 0.05) is 10.0 Å². The average molecular weight is 427 g/mol. The normalized spacial score (nSPS) is 13.3. The molecule has 0 saturated carbocycles. The molecule has 0 radical (unpaired) electrons. The summed E-state index contributed by atoms with van der Waals surface area (Å²) in [6, 6.07) is 6.76. The lowest BCUT2D eigenvalue weighted by Gasteiger charge is -2.20. The molecule has 7 heteroatoms. The van der Waals surface area contributed by atoms with E-state index in [4.69, 9.17) is 5.73 Å². The van der Waals surface area contributed by atoms with Crippen molar-refractivity contribution in [1.29, 1.82) is 0 Å². The Labute approximate surface area is 135 Å². The summed E-state index contributed by atoms with van der Waals surface area (Å²) in [4.78, 5) is 0. The second kappa shape index (κ2) is 6.06. The van der Waals surface area contributed by atoms with E-state index < -0.39 is 23.6 Å². The Kier molecular flexibility index (Phi) is 4.75. The molecule has 0 heterocycles. The molecule has 2 aromatic carbocycles. The SMILES string of the molecule is NC(c1ccc(Br)cc1C(F)(F)F)c1cccc(Br)c1F. The molecule has 0 aliphatic carbocycles. The fraction of sp³-hybridized carbons (Fsp3) is 0.143. The van der Waals surface area contributed by atoms with Crippen LogP contribution in [0.2, 0.25) is 0 Å². The van der Waals surface area contributed by atoms with E-state index in [0.29, 0.717) is 0 Å². The van der Waals surface area contributed by atoms with Crippen LogP contribution >= 0.6 is 31.9 Å². The van der Waals surface area contributed by atoms with Crippen LogP contribution in [0.25, 0.3) is 0 Å². The summed E-state index contributed by atoms with van der Waals surface area (Å²) >= 11 is 5.99. The molecule has 0 amide bonds.